The Balaban J connectivity index is 0. The van der Waals surface area contributed by atoms with E-state index in [2.05, 4.69) is 26.1 Å². The molecule has 0 radical (unpaired) electrons. The summed E-state index contributed by atoms with van der Waals surface area (Å²) in [5.41, 5.74) is 5.31. The first-order valence-corrected chi connectivity index (χ1v) is 12.7. The van der Waals surface area contributed by atoms with Crippen LogP contribution in [0.25, 0.3) is 0 Å². The van der Waals surface area contributed by atoms with Crippen LogP contribution < -0.4 is 11.1 Å². The van der Waals surface area contributed by atoms with Crippen LogP contribution in [-0.4, -0.2) is 19.6 Å². The summed E-state index contributed by atoms with van der Waals surface area (Å²) in [4.78, 5) is 0. The zero-order chi connectivity index (χ0) is 20.3. The second-order valence-electron chi connectivity index (χ2n) is 8.20. The van der Waals surface area contributed by atoms with Crippen LogP contribution >= 0.6 is 0 Å². The zero-order valence-corrected chi connectivity index (χ0v) is 19.6. The highest BCUT2D eigenvalue weighted by Crippen LogP contribution is 2.07. The summed E-state index contributed by atoms with van der Waals surface area (Å²) in [6.45, 7) is 10.1. The van der Waals surface area contributed by atoms with Gasteiger partial charge in [0.25, 0.3) is 0 Å². The fourth-order valence-corrected chi connectivity index (χ4v) is 3.29. The average Bonchev–Trinajstić information content (AvgIpc) is 2.69. The van der Waals surface area contributed by atoms with E-state index < -0.39 is 0 Å². The van der Waals surface area contributed by atoms with Gasteiger partial charge in [0.1, 0.15) is 0 Å². The summed E-state index contributed by atoms with van der Waals surface area (Å²) in [7, 11) is 0. The third kappa shape index (κ3) is 33.9. The summed E-state index contributed by atoms with van der Waals surface area (Å²) >= 11 is 0. The standard InChI is InChI=1S/C18H39N.C7H17N/c1-3-5-7-9-11-13-15-17-19-18-16-14-12-10-8-6-4-2;1-2-3-4-5-6-7-8/h19H,3-18H2,1-2H3;2-8H2,1H3. The van der Waals surface area contributed by atoms with Gasteiger partial charge in [0.2, 0.25) is 0 Å². The second kappa shape index (κ2) is 30.6. The number of nitrogens with one attached hydrogen (secondary N) is 1. The van der Waals surface area contributed by atoms with E-state index in [1.807, 2.05) is 0 Å². The molecule has 0 aromatic heterocycles. The Morgan fingerprint density at radius 3 is 1.04 bits per heavy atom. The van der Waals surface area contributed by atoms with E-state index in [0.717, 1.165) is 6.54 Å². The van der Waals surface area contributed by atoms with Crippen molar-refractivity contribution in [2.75, 3.05) is 19.6 Å². The van der Waals surface area contributed by atoms with Gasteiger partial charge in [-0.15, -0.1) is 0 Å². The zero-order valence-electron chi connectivity index (χ0n) is 19.6. The summed E-state index contributed by atoms with van der Waals surface area (Å²) in [6.07, 6.45) is 26.5. The largest absolute Gasteiger partial charge is 0.330 e. The van der Waals surface area contributed by atoms with Crippen LogP contribution in [0.15, 0.2) is 0 Å². The Hall–Kier alpha value is -0.0800. The highest BCUT2D eigenvalue weighted by molar-refractivity contribution is 4.52. The van der Waals surface area contributed by atoms with Gasteiger partial charge in [-0.25, -0.2) is 0 Å². The van der Waals surface area contributed by atoms with Crippen LogP contribution in [0, 0.1) is 0 Å². The third-order valence-corrected chi connectivity index (χ3v) is 5.22. The van der Waals surface area contributed by atoms with E-state index in [9.17, 15) is 0 Å². The summed E-state index contributed by atoms with van der Waals surface area (Å²) in [6, 6.07) is 0. The van der Waals surface area contributed by atoms with Crippen molar-refractivity contribution in [3.05, 3.63) is 0 Å². The molecule has 0 bridgehead atoms. The van der Waals surface area contributed by atoms with Crippen molar-refractivity contribution >= 4 is 0 Å². The number of unbranched alkanes of at least 4 members (excludes halogenated alkanes) is 16. The quantitative estimate of drug-likeness (QED) is 0.197. The van der Waals surface area contributed by atoms with Gasteiger partial charge < -0.3 is 11.1 Å². The predicted molar refractivity (Wildman–Crippen MR) is 127 cm³/mol. The van der Waals surface area contributed by atoms with Crippen molar-refractivity contribution in [2.45, 2.75) is 143 Å². The molecule has 0 amide bonds. The van der Waals surface area contributed by atoms with Gasteiger partial charge in [0, 0.05) is 0 Å². The van der Waals surface area contributed by atoms with Crippen LogP contribution in [0.2, 0.25) is 0 Å². The van der Waals surface area contributed by atoms with E-state index in [0.29, 0.717) is 0 Å². The SMILES string of the molecule is CCCCCCCCCNCCCCCCCCC.CCCCCCCN. The maximum atomic E-state index is 5.31. The summed E-state index contributed by atoms with van der Waals surface area (Å²) < 4.78 is 0. The molecule has 0 aromatic rings. The molecule has 27 heavy (non-hydrogen) atoms. The predicted octanol–water partition coefficient (Wildman–Crippen LogP) is 7.99. The van der Waals surface area contributed by atoms with Crippen molar-refractivity contribution in [3.8, 4) is 0 Å². The van der Waals surface area contributed by atoms with E-state index in [4.69, 9.17) is 5.73 Å². The molecule has 0 aliphatic heterocycles. The van der Waals surface area contributed by atoms with E-state index in [-0.39, 0.29) is 0 Å². The van der Waals surface area contributed by atoms with Gasteiger partial charge in [-0.2, -0.15) is 0 Å². The first kappa shape index (κ1) is 29.1. The molecule has 2 nitrogen and oxygen atoms in total. The Labute approximate surface area is 173 Å². The topological polar surface area (TPSA) is 38.0 Å². The summed E-state index contributed by atoms with van der Waals surface area (Å²) in [5, 5.41) is 3.59. The maximum absolute atomic E-state index is 5.31. The minimum Gasteiger partial charge on any atom is -0.330 e. The van der Waals surface area contributed by atoms with Crippen LogP contribution in [0.4, 0.5) is 0 Å². The van der Waals surface area contributed by atoms with Gasteiger partial charge in [0.15, 0.2) is 0 Å². The minimum absolute atomic E-state index is 0.865. The first-order chi connectivity index (χ1) is 13.3. The molecule has 0 aliphatic carbocycles. The smallest absolute Gasteiger partial charge is 0.00489 e. The molecular weight excluding hydrogens is 328 g/mol. The van der Waals surface area contributed by atoms with Crippen molar-refractivity contribution in [2.24, 2.45) is 5.73 Å². The van der Waals surface area contributed by atoms with Gasteiger partial charge in [-0.1, -0.05) is 124 Å². The normalized spacial score (nSPS) is 10.7. The Bertz CT molecular complexity index is 196. The van der Waals surface area contributed by atoms with Crippen LogP contribution in [0.1, 0.15) is 143 Å². The molecule has 0 heterocycles. The molecule has 0 saturated heterocycles. The lowest BCUT2D eigenvalue weighted by Crippen LogP contribution is -2.16. The highest BCUT2D eigenvalue weighted by atomic mass is 14.8. The number of rotatable bonds is 21. The van der Waals surface area contributed by atoms with Gasteiger partial charge in [-0.05, 0) is 38.9 Å². The van der Waals surface area contributed by atoms with Crippen molar-refractivity contribution in [1.82, 2.24) is 5.32 Å². The van der Waals surface area contributed by atoms with Crippen molar-refractivity contribution in [3.63, 3.8) is 0 Å². The Morgan fingerprint density at radius 1 is 0.407 bits per heavy atom. The van der Waals surface area contributed by atoms with Crippen LogP contribution in [0.5, 0.6) is 0 Å². The molecule has 166 valence electrons. The number of hydrogen-bond donors (Lipinski definition) is 2. The van der Waals surface area contributed by atoms with Gasteiger partial charge in [-0.3, -0.25) is 0 Å². The molecule has 2 heteroatoms. The molecule has 0 fully saturated rings. The second-order valence-corrected chi connectivity index (χ2v) is 8.20. The van der Waals surface area contributed by atoms with Crippen molar-refractivity contribution in [1.29, 1.82) is 0 Å². The lowest BCUT2D eigenvalue weighted by molar-refractivity contribution is 0.537. The van der Waals surface area contributed by atoms with Gasteiger partial charge in [0.05, 0.1) is 0 Å². The molecule has 0 spiro atoms. The van der Waals surface area contributed by atoms with E-state index in [1.54, 1.807) is 0 Å². The minimum atomic E-state index is 0.865. The Kier molecular flexibility index (Phi) is 33.1. The lowest BCUT2D eigenvalue weighted by atomic mass is 10.1. The first-order valence-electron chi connectivity index (χ1n) is 12.7. The van der Waals surface area contributed by atoms with Crippen molar-refractivity contribution < 1.29 is 0 Å². The lowest BCUT2D eigenvalue weighted by Gasteiger charge is -2.05. The molecule has 0 atom stereocenters. The molecule has 0 unspecified atom stereocenters. The third-order valence-electron chi connectivity index (χ3n) is 5.22. The average molecular weight is 385 g/mol. The van der Waals surface area contributed by atoms with Crippen LogP contribution in [0.3, 0.4) is 0 Å². The molecule has 0 saturated carbocycles. The summed E-state index contributed by atoms with van der Waals surface area (Å²) in [5.74, 6) is 0. The van der Waals surface area contributed by atoms with E-state index in [1.165, 1.54) is 135 Å². The monoisotopic (exact) mass is 384 g/mol. The molecule has 3 N–H and O–H groups in total. The Morgan fingerprint density at radius 2 is 0.704 bits per heavy atom. The molecule has 0 aromatic carbocycles. The molecule has 0 rings (SSSR count). The maximum Gasteiger partial charge on any atom is -0.00489 e. The van der Waals surface area contributed by atoms with E-state index >= 15 is 0 Å². The number of hydrogen-bond acceptors (Lipinski definition) is 2. The molecular formula is C25H56N2. The van der Waals surface area contributed by atoms with Gasteiger partial charge >= 0.3 is 0 Å². The molecule has 0 aliphatic rings. The fraction of sp³-hybridized carbons (Fsp3) is 1.00. The highest BCUT2D eigenvalue weighted by Gasteiger charge is 1.93. The van der Waals surface area contributed by atoms with Crippen LogP contribution in [-0.2, 0) is 0 Å². The number of nitrogens with two attached hydrogens (primary N) is 1. The fourth-order valence-electron chi connectivity index (χ4n) is 3.29.